The molecule has 0 unspecified atom stereocenters. The fraction of sp³-hybridized carbons (Fsp3) is 0.286. The van der Waals surface area contributed by atoms with E-state index < -0.39 is 5.97 Å². The Kier molecular flexibility index (Phi) is 4.83. The summed E-state index contributed by atoms with van der Waals surface area (Å²) in [5.74, 6) is -0.100. The van der Waals surface area contributed by atoms with E-state index in [1.807, 2.05) is 34.6 Å². The van der Waals surface area contributed by atoms with Crippen LogP contribution in [0.25, 0.3) is 11.0 Å². The summed E-state index contributed by atoms with van der Waals surface area (Å²) in [6.45, 7) is 4.82. The number of rotatable bonds is 4. The van der Waals surface area contributed by atoms with Crippen LogP contribution in [0.15, 0.2) is 42.5 Å². The van der Waals surface area contributed by atoms with Crippen LogP contribution in [0.2, 0.25) is 0 Å². The molecular weight excluding hydrogens is 358 g/mol. The van der Waals surface area contributed by atoms with Crippen molar-refractivity contribution in [2.45, 2.75) is 13.5 Å². The minimum absolute atomic E-state index is 0.00131. The van der Waals surface area contributed by atoms with Crippen LogP contribution in [0.5, 0.6) is 0 Å². The van der Waals surface area contributed by atoms with Crippen molar-refractivity contribution in [1.82, 2.24) is 14.5 Å². The minimum Gasteiger partial charge on any atom is -0.478 e. The molecule has 28 heavy (non-hydrogen) atoms. The van der Waals surface area contributed by atoms with Gasteiger partial charge in [-0.3, -0.25) is 4.79 Å². The number of fused-ring (bicyclic) bond motifs is 1. The topological polar surface area (TPSA) is 84.7 Å². The van der Waals surface area contributed by atoms with Crippen molar-refractivity contribution < 1.29 is 19.4 Å². The zero-order valence-corrected chi connectivity index (χ0v) is 15.6. The molecule has 0 bridgehead atoms. The fourth-order valence-corrected chi connectivity index (χ4v) is 3.46. The summed E-state index contributed by atoms with van der Waals surface area (Å²) in [4.78, 5) is 30.2. The molecule has 1 aliphatic rings. The molecule has 1 aromatic heterocycles. The van der Waals surface area contributed by atoms with Crippen LogP contribution in [0.3, 0.4) is 0 Å². The van der Waals surface area contributed by atoms with Gasteiger partial charge in [-0.1, -0.05) is 12.1 Å². The highest BCUT2D eigenvalue weighted by molar-refractivity contribution is 5.97. The van der Waals surface area contributed by atoms with Gasteiger partial charge in [-0.05, 0) is 42.8 Å². The molecule has 3 aromatic rings. The number of imidazole rings is 1. The van der Waals surface area contributed by atoms with E-state index in [1.165, 1.54) is 0 Å². The Bertz CT molecular complexity index is 1030. The SMILES string of the molecule is Cc1nc2ccc(C(=O)N3CCOCC3)cc2n1Cc1ccc(C(=O)O)cc1. The van der Waals surface area contributed by atoms with Gasteiger partial charge in [-0.2, -0.15) is 0 Å². The molecule has 144 valence electrons. The number of carboxylic acids is 1. The number of aryl methyl sites for hydroxylation is 1. The number of carboxylic acid groups (broad SMARTS) is 1. The molecule has 1 fully saturated rings. The van der Waals surface area contributed by atoms with Crippen molar-refractivity contribution in [2.75, 3.05) is 26.3 Å². The second-order valence-corrected chi connectivity index (χ2v) is 6.86. The number of amides is 1. The maximum Gasteiger partial charge on any atom is 0.335 e. The molecule has 1 saturated heterocycles. The Hall–Kier alpha value is -3.19. The van der Waals surface area contributed by atoms with E-state index in [0.717, 1.165) is 22.4 Å². The normalized spacial score (nSPS) is 14.4. The maximum atomic E-state index is 12.8. The van der Waals surface area contributed by atoms with Crippen LogP contribution >= 0.6 is 0 Å². The summed E-state index contributed by atoms with van der Waals surface area (Å²) in [6.07, 6.45) is 0. The predicted octanol–water partition coefficient (Wildman–Crippen LogP) is 2.56. The van der Waals surface area contributed by atoms with E-state index in [2.05, 4.69) is 4.98 Å². The smallest absolute Gasteiger partial charge is 0.335 e. The molecule has 1 amide bonds. The van der Waals surface area contributed by atoms with Crippen molar-refractivity contribution in [3.05, 3.63) is 65.0 Å². The lowest BCUT2D eigenvalue weighted by Crippen LogP contribution is -2.40. The third-order valence-electron chi connectivity index (χ3n) is 5.03. The van der Waals surface area contributed by atoms with E-state index in [4.69, 9.17) is 9.84 Å². The Labute approximate surface area is 162 Å². The quantitative estimate of drug-likeness (QED) is 0.753. The molecule has 7 nitrogen and oxygen atoms in total. The number of nitrogens with zero attached hydrogens (tertiary/aromatic N) is 3. The van der Waals surface area contributed by atoms with Gasteiger partial charge < -0.3 is 19.3 Å². The highest BCUT2D eigenvalue weighted by Gasteiger charge is 2.20. The van der Waals surface area contributed by atoms with Crippen molar-refractivity contribution in [3.8, 4) is 0 Å². The first-order chi connectivity index (χ1) is 13.5. The van der Waals surface area contributed by atoms with Crippen LogP contribution in [-0.2, 0) is 11.3 Å². The van der Waals surface area contributed by atoms with Gasteiger partial charge in [0.15, 0.2) is 0 Å². The van der Waals surface area contributed by atoms with Gasteiger partial charge in [-0.15, -0.1) is 0 Å². The second kappa shape index (κ2) is 7.44. The number of carbonyl (C=O) groups excluding carboxylic acids is 1. The predicted molar refractivity (Wildman–Crippen MR) is 104 cm³/mol. The molecule has 0 radical (unpaired) electrons. The van der Waals surface area contributed by atoms with Crippen molar-refractivity contribution >= 4 is 22.9 Å². The number of hydrogen-bond donors (Lipinski definition) is 1. The Morgan fingerprint density at radius 3 is 2.43 bits per heavy atom. The molecule has 1 N–H and O–H groups in total. The van der Waals surface area contributed by atoms with E-state index in [9.17, 15) is 9.59 Å². The average Bonchev–Trinajstić information content (AvgIpc) is 3.03. The van der Waals surface area contributed by atoms with E-state index in [-0.39, 0.29) is 11.5 Å². The lowest BCUT2D eigenvalue weighted by Gasteiger charge is -2.26. The number of ether oxygens (including phenoxy) is 1. The number of hydrogen-bond acceptors (Lipinski definition) is 4. The minimum atomic E-state index is -0.943. The van der Waals surface area contributed by atoms with Crippen molar-refractivity contribution in [3.63, 3.8) is 0 Å². The first-order valence-corrected chi connectivity index (χ1v) is 9.19. The molecule has 2 heterocycles. The third kappa shape index (κ3) is 3.48. The number of morpholine rings is 1. The Morgan fingerprint density at radius 2 is 1.75 bits per heavy atom. The molecule has 0 spiro atoms. The first kappa shape index (κ1) is 18.2. The van der Waals surface area contributed by atoms with Gasteiger partial charge in [0.25, 0.3) is 5.91 Å². The summed E-state index contributed by atoms with van der Waals surface area (Å²) < 4.78 is 7.37. The molecule has 0 saturated carbocycles. The summed E-state index contributed by atoms with van der Waals surface area (Å²) in [7, 11) is 0. The molecule has 0 atom stereocenters. The Morgan fingerprint density at radius 1 is 1.07 bits per heavy atom. The van der Waals surface area contributed by atoms with Gasteiger partial charge >= 0.3 is 5.97 Å². The van der Waals surface area contributed by atoms with E-state index >= 15 is 0 Å². The molecule has 2 aromatic carbocycles. The summed E-state index contributed by atoms with van der Waals surface area (Å²) in [6, 6.07) is 12.4. The number of carbonyl (C=O) groups is 2. The molecule has 7 heteroatoms. The van der Waals surface area contributed by atoms with Crippen molar-refractivity contribution in [2.24, 2.45) is 0 Å². The standard InChI is InChI=1S/C21H21N3O4/c1-14-22-18-7-6-17(20(25)23-8-10-28-11-9-23)12-19(18)24(14)13-15-2-4-16(5-3-15)21(26)27/h2-7,12H,8-11,13H2,1H3,(H,26,27). The average molecular weight is 379 g/mol. The molecule has 4 rings (SSSR count). The van der Waals surface area contributed by atoms with Gasteiger partial charge in [0, 0.05) is 25.2 Å². The number of aromatic carboxylic acids is 1. The lowest BCUT2D eigenvalue weighted by molar-refractivity contribution is 0.0303. The molecule has 1 aliphatic heterocycles. The zero-order valence-electron chi connectivity index (χ0n) is 15.6. The summed E-state index contributed by atoms with van der Waals surface area (Å²) >= 11 is 0. The van der Waals surface area contributed by atoms with Crippen molar-refractivity contribution in [1.29, 1.82) is 0 Å². The highest BCUT2D eigenvalue weighted by Crippen LogP contribution is 2.21. The van der Waals surface area contributed by atoms with Gasteiger partial charge in [0.2, 0.25) is 0 Å². The largest absolute Gasteiger partial charge is 0.478 e. The maximum absolute atomic E-state index is 12.8. The van der Waals surface area contributed by atoms with Crippen LogP contribution in [0.4, 0.5) is 0 Å². The molecular formula is C21H21N3O4. The van der Waals surface area contributed by atoms with Gasteiger partial charge in [0.05, 0.1) is 29.8 Å². The monoisotopic (exact) mass is 379 g/mol. The number of aromatic nitrogens is 2. The van der Waals surface area contributed by atoms with Crippen LogP contribution in [-0.4, -0.2) is 57.7 Å². The zero-order chi connectivity index (χ0) is 19.7. The van der Waals surface area contributed by atoms with Crippen LogP contribution in [0.1, 0.15) is 32.1 Å². The molecule has 0 aliphatic carbocycles. The van der Waals surface area contributed by atoms with Gasteiger partial charge in [-0.25, -0.2) is 9.78 Å². The first-order valence-electron chi connectivity index (χ1n) is 9.19. The highest BCUT2D eigenvalue weighted by atomic mass is 16.5. The second-order valence-electron chi connectivity index (χ2n) is 6.86. The Balaban J connectivity index is 1.65. The van der Waals surface area contributed by atoms with Crippen LogP contribution < -0.4 is 0 Å². The van der Waals surface area contributed by atoms with E-state index in [0.29, 0.717) is 38.4 Å². The van der Waals surface area contributed by atoms with Crippen LogP contribution in [0, 0.1) is 6.92 Å². The van der Waals surface area contributed by atoms with Gasteiger partial charge in [0.1, 0.15) is 5.82 Å². The van der Waals surface area contributed by atoms with E-state index in [1.54, 1.807) is 24.3 Å². The number of benzene rings is 2. The summed E-state index contributed by atoms with van der Waals surface area (Å²) in [5, 5.41) is 9.05. The fourth-order valence-electron chi connectivity index (χ4n) is 3.46. The summed E-state index contributed by atoms with van der Waals surface area (Å²) in [5.41, 5.74) is 3.58. The lowest BCUT2D eigenvalue weighted by atomic mass is 10.1. The third-order valence-corrected chi connectivity index (χ3v) is 5.03.